The molecule has 1 aromatic carbocycles. The second-order valence-electron chi connectivity index (χ2n) is 5.59. The van der Waals surface area contributed by atoms with E-state index in [0.717, 1.165) is 19.8 Å². The Morgan fingerprint density at radius 3 is 2.52 bits per heavy atom. The van der Waals surface area contributed by atoms with Crippen LogP contribution in [0.15, 0.2) is 18.2 Å². The maximum absolute atomic E-state index is 13.3. The normalized spacial score (nSPS) is 18.8. The summed E-state index contributed by atoms with van der Waals surface area (Å²) in [6.07, 6.45) is -2.87. The number of nitrogens with two attached hydrogens (primary N) is 1. The van der Waals surface area contributed by atoms with Crippen LogP contribution in [0.5, 0.6) is 5.75 Å². The fourth-order valence-electron chi connectivity index (χ4n) is 2.40. The first-order valence-corrected chi connectivity index (χ1v) is 6.68. The molecule has 0 spiro atoms. The lowest BCUT2D eigenvalue weighted by Gasteiger charge is -2.27. The van der Waals surface area contributed by atoms with E-state index in [-0.39, 0.29) is 11.9 Å². The highest BCUT2D eigenvalue weighted by Crippen LogP contribution is 2.44. The van der Waals surface area contributed by atoms with Crippen molar-refractivity contribution in [2.75, 3.05) is 7.11 Å². The summed E-state index contributed by atoms with van der Waals surface area (Å²) in [6, 6.07) is 5.12. The van der Waals surface area contributed by atoms with Crippen molar-refractivity contribution < 1.29 is 17.9 Å². The molecule has 0 bridgehead atoms. The van der Waals surface area contributed by atoms with Gasteiger partial charge in [-0.15, -0.1) is 0 Å². The van der Waals surface area contributed by atoms with Crippen molar-refractivity contribution in [1.82, 2.24) is 9.55 Å². The number of hydrogen-bond acceptors (Lipinski definition) is 3. The highest BCUT2D eigenvalue weighted by Gasteiger charge is 2.53. The molecule has 1 aliphatic rings. The van der Waals surface area contributed by atoms with Crippen molar-refractivity contribution in [3.8, 4) is 5.75 Å². The number of benzene rings is 1. The van der Waals surface area contributed by atoms with Gasteiger partial charge in [0, 0.05) is 12.1 Å². The summed E-state index contributed by atoms with van der Waals surface area (Å²) in [5.74, 6) is 0.418. The molecule has 114 valence electrons. The van der Waals surface area contributed by atoms with Gasteiger partial charge in [0.15, 0.2) is 5.54 Å². The van der Waals surface area contributed by atoms with Gasteiger partial charge in [-0.05, 0) is 31.9 Å². The number of ether oxygens (including phenoxy) is 1. The number of aromatic nitrogens is 2. The van der Waals surface area contributed by atoms with Crippen molar-refractivity contribution in [3.63, 3.8) is 0 Å². The van der Waals surface area contributed by atoms with Gasteiger partial charge in [0.2, 0.25) is 0 Å². The van der Waals surface area contributed by atoms with Crippen molar-refractivity contribution >= 4 is 11.0 Å². The smallest absolute Gasteiger partial charge is 0.413 e. The molecule has 1 aromatic heterocycles. The number of imidazole rings is 1. The molecule has 1 saturated carbocycles. The fraction of sp³-hybridized carbons (Fsp3) is 0.500. The maximum atomic E-state index is 13.3. The molecule has 0 radical (unpaired) electrons. The Hall–Kier alpha value is -1.76. The predicted molar refractivity (Wildman–Crippen MR) is 72.2 cm³/mol. The first-order valence-electron chi connectivity index (χ1n) is 6.68. The van der Waals surface area contributed by atoms with Gasteiger partial charge in [0.25, 0.3) is 0 Å². The Labute approximate surface area is 119 Å². The zero-order valence-corrected chi connectivity index (χ0v) is 11.7. The highest BCUT2D eigenvalue weighted by atomic mass is 19.4. The third-order valence-electron chi connectivity index (χ3n) is 3.86. The highest BCUT2D eigenvalue weighted by molar-refractivity contribution is 5.78. The number of fused-ring (bicyclic) bond motifs is 1. The molecule has 1 heterocycles. The zero-order valence-electron chi connectivity index (χ0n) is 11.7. The van der Waals surface area contributed by atoms with E-state index in [1.54, 1.807) is 22.8 Å². The van der Waals surface area contributed by atoms with E-state index in [9.17, 15) is 13.2 Å². The predicted octanol–water partition coefficient (Wildman–Crippen LogP) is 3.12. The van der Waals surface area contributed by atoms with E-state index >= 15 is 0 Å². The van der Waals surface area contributed by atoms with Gasteiger partial charge < -0.3 is 15.0 Å². The molecule has 1 unspecified atom stereocenters. The lowest BCUT2D eigenvalue weighted by atomic mass is 10.0. The molecule has 0 amide bonds. The minimum Gasteiger partial charge on any atom is -0.497 e. The molecule has 7 heteroatoms. The van der Waals surface area contributed by atoms with Crippen LogP contribution in [0.3, 0.4) is 0 Å². The molecule has 1 aliphatic carbocycles. The Bertz CT molecular complexity index is 687. The second kappa shape index (κ2) is 4.37. The van der Waals surface area contributed by atoms with E-state index in [0.29, 0.717) is 16.8 Å². The molecular weight excluding hydrogens is 283 g/mol. The summed E-state index contributed by atoms with van der Waals surface area (Å²) in [4.78, 5) is 4.16. The van der Waals surface area contributed by atoms with Gasteiger partial charge in [-0.25, -0.2) is 4.98 Å². The van der Waals surface area contributed by atoms with E-state index < -0.39 is 11.7 Å². The van der Waals surface area contributed by atoms with Gasteiger partial charge in [-0.1, -0.05) is 0 Å². The Balaban J connectivity index is 2.24. The number of methoxy groups -OCH3 is 1. The number of rotatable bonds is 3. The van der Waals surface area contributed by atoms with Crippen molar-refractivity contribution in [3.05, 3.63) is 24.0 Å². The summed E-state index contributed by atoms with van der Waals surface area (Å²) in [5.41, 5.74) is 4.22. The van der Waals surface area contributed by atoms with Crippen LogP contribution in [0.2, 0.25) is 0 Å². The van der Waals surface area contributed by atoms with Gasteiger partial charge in [-0.2, -0.15) is 13.2 Å². The number of halogens is 3. The van der Waals surface area contributed by atoms with Crippen LogP contribution >= 0.6 is 0 Å². The number of hydrogen-bond donors (Lipinski definition) is 1. The molecule has 2 aromatic rings. The molecule has 21 heavy (non-hydrogen) atoms. The summed E-state index contributed by atoms with van der Waals surface area (Å²) in [7, 11) is 1.50. The minimum atomic E-state index is -4.56. The summed E-state index contributed by atoms with van der Waals surface area (Å²) < 4.78 is 46.5. The average Bonchev–Trinajstić information content (AvgIpc) is 3.16. The zero-order chi connectivity index (χ0) is 15.4. The van der Waals surface area contributed by atoms with Crippen LogP contribution < -0.4 is 10.5 Å². The lowest BCUT2D eigenvalue weighted by Crippen LogP contribution is -2.49. The van der Waals surface area contributed by atoms with Crippen LogP contribution in [-0.4, -0.2) is 22.8 Å². The van der Waals surface area contributed by atoms with Crippen molar-refractivity contribution in [2.45, 2.75) is 37.5 Å². The molecular formula is C14H16F3N3O. The number of alkyl halides is 3. The summed E-state index contributed by atoms with van der Waals surface area (Å²) in [6.45, 7) is 0.963. The first kappa shape index (κ1) is 14.2. The van der Waals surface area contributed by atoms with E-state index in [1.807, 2.05) is 0 Å². The Morgan fingerprint density at radius 2 is 2.00 bits per heavy atom. The van der Waals surface area contributed by atoms with Crippen LogP contribution in [-0.2, 0) is 5.54 Å². The molecule has 0 aliphatic heterocycles. The van der Waals surface area contributed by atoms with Gasteiger partial charge in [0.1, 0.15) is 11.6 Å². The molecule has 0 saturated heterocycles. The molecule has 4 nitrogen and oxygen atoms in total. The third kappa shape index (κ3) is 2.16. The lowest BCUT2D eigenvalue weighted by molar-refractivity contribution is -0.186. The van der Waals surface area contributed by atoms with E-state index in [1.165, 1.54) is 7.11 Å². The minimum absolute atomic E-state index is 0.0450. The number of nitrogens with zero attached hydrogens (tertiary/aromatic N) is 2. The maximum Gasteiger partial charge on any atom is 0.413 e. The van der Waals surface area contributed by atoms with Gasteiger partial charge in [-0.3, -0.25) is 0 Å². The summed E-state index contributed by atoms with van der Waals surface area (Å²) >= 11 is 0. The molecule has 1 atom stereocenters. The van der Waals surface area contributed by atoms with E-state index in [4.69, 9.17) is 10.5 Å². The Kier molecular flexibility index (Phi) is 2.95. The quantitative estimate of drug-likeness (QED) is 0.947. The third-order valence-corrected chi connectivity index (χ3v) is 3.86. The molecule has 1 fully saturated rings. The topological polar surface area (TPSA) is 53.1 Å². The standard InChI is InChI=1S/C14H16F3N3O/c1-13(18,14(15,16)17)12-19-10-7-9(21-2)5-6-11(10)20(12)8-3-4-8/h5-8H,3-4,18H2,1-2H3. The largest absolute Gasteiger partial charge is 0.497 e. The van der Waals surface area contributed by atoms with Crippen molar-refractivity contribution in [1.29, 1.82) is 0 Å². The fourth-order valence-corrected chi connectivity index (χ4v) is 2.40. The average molecular weight is 299 g/mol. The summed E-state index contributed by atoms with van der Waals surface area (Å²) in [5, 5.41) is 0. The van der Waals surface area contributed by atoms with E-state index in [2.05, 4.69) is 4.98 Å². The molecule has 2 N–H and O–H groups in total. The van der Waals surface area contributed by atoms with Crippen molar-refractivity contribution in [2.24, 2.45) is 5.73 Å². The van der Waals surface area contributed by atoms with Gasteiger partial charge >= 0.3 is 6.18 Å². The monoisotopic (exact) mass is 299 g/mol. The van der Waals surface area contributed by atoms with Crippen LogP contribution in [0.1, 0.15) is 31.6 Å². The van der Waals surface area contributed by atoms with Crippen LogP contribution in [0.25, 0.3) is 11.0 Å². The van der Waals surface area contributed by atoms with Crippen LogP contribution in [0.4, 0.5) is 13.2 Å². The first-order chi connectivity index (χ1) is 9.75. The molecule has 3 rings (SSSR count). The van der Waals surface area contributed by atoms with Crippen LogP contribution in [0, 0.1) is 0 Å². The second-order valence-corrected chi connectivity index (χ2v) is 5.59. The SMILES string of the molecule is COc1ccc2c(c1)nc(C(C)(N)C(F)(F)F)n2C1CC1. The Morgan fingerprint density at radius 1 is 1.33 bits per heavy atom. The van der Waals surface area contributed by atoms with Gasteiger partial charge in [0.05, 0.1) is 18.1 Å².